The first kappa shape index (κ1) is 10.7. The molecular weight excluding hydrogens is 200 g/mol. The molecule has 0 fully saturated rings. The van der Waals surface area contributed by atoms with Crippen molar-refractivity contribution in [2.24, 2.45) is 0 Å². The molecule has 0 radical (unpaired) electrons. The van der Waals surface area contributed by atoms with Gasteiger partial charge in [0.1, 0.15) is 0 Å². The number of para-hydroxylation sites is 1. The standard InChI is InChI=1S/C13H16N2O/c1-3-7-11-10-13(16-2)15(14-11)12-8-5-4-6-9-12/h4-6,8-10H,3,7H2,1-2H3. The maximum absolute atomic E-state index is 5.33. The van der Waals surface area contributed by atoms with Gasteiger partial charge >= 0.3 is 0 Å². The highest BCUT2D eigenvalue weighted by Gasteiger charge is 2.08. The lowest BCUT2D eigenvalue weighted by Gasteiger charge is -2.04. The Morgan fingerprint density at radius 2 is 2.00 bits per heavy atom. The molecule has 2 rings (SSSR count). The summed E-state index contributed by atoms with van der Waals surface area (Å²) < 4.78 is 7.17. The third-order valence-corrected chi connectivity index (χ3v) is 2.44. The lowest BCUT2D eigenvalue weighted by Crippen LogP contribution is -1.99. The van der Waals surface area contributed by atoms with Crippen LogP contribution < -0.4 is 4.74 Å². The molecule has 1 heterocycles. The van der Waals surface area contributed by atoms with E-state index < -0.39 is 0 Å². The Kier molecular flexibility index (Phi) is 3.25. The average molecular weight is 216 g/mol. The van der Waals surface area contributed by atoms with Crippen LogP contribution in [-0.2, 0) is 6.42 Å². The van der Waals surface area contributed by atoms with Crippen molar-refractivity contribution in [3.63, 3.8) is 0 Å². The van der Waals surface area contributed by atoms with Crippen molar-refractivity contribution in [1.29, 1.82) is 0 Å². The molecule has 0 atom stereocenters. The van der Waals surface area contributed by atoms with Gasteiger partial charge < -0.3 is 4.74 Å². The van der Waals surface area contributed by atoms with Crippen LogP contribution in [0.3, 0.4) is 0 Å². The summed E-state index contributed by atoms with van der Waals surface area (Å²) in [6.45, 7) is 2.15. The minimum absolute atomic E-state index is 0.787. The van der Waals surface area contributed by atoms with E-state index in [1.165, 1.54) is 0 Å². The lowest BCUT2D eigenvalue weighted by atomic mass is 10.2. The first-order valence-electron chi connectivity index (χ1n) is 5.53. The Morgan fingerprint density at radius 3 is 2.62 bits per heavy atom. The minimum atomic E-state index is 0.787. The van der Waals surface area contributed by atoms with Crippen LogP contribution >= 0.6 is 0 Å². The summed E-state index contributed by atoms with van der Waals surface area (Å²) in [4.78, 5) is 0. The number of rotatable bonds is 4. The second-order valence-electron chi connectivity index (χ2n) is 3.68. The van der Waals surface area contributed by atoms with E-state index in [2.05, 4.69) is 12.0 Å². The zero-order chi connectivity index (χ0) is 11.4. The first-order valence-corrected chi connectivity index (χ1v) is 5.53. The number of hydrogen-bond donors (Lipinski definition) is 0. The summed E-state index contributed by atoms with van der Waals surface area (Å²) in [5, 5.41) is 4.53. The number of aromatic nitrogens is 2. The molecule has 0 spiro atoms. The SMILES string of the molecule is CCCc1cc(OC)n(-c2ccccc2)n1. The van der Waals surface area contributed by atoms with Gasteiger partial charge in [-0.25, -0.2) is 4.68 Å². The Hall–Kier alpha value is -1.77. The summed E-state index contributed by atoms with van der Waals surface area (Å²) in [5.74, 6) is 0.787. The molecule has 0 bridgehead atoms. The van der Waals surface area contributed by atoms with Crippen molar-refractivity contribution in [2.45, 2.75) is 19.8 Å². The summed E-state index contributed by atoms with van der Waals surface area (Å²) in [6, 6.07) is 12.0. The minimum Gasteiger partial charge on any atom is -0.481 e. The zero-order valence-corrected chi connectivity index (χ0v) is 9.68. The lowest BCUT2D eigenvalue weighted by molar-refractivity contribution is 0.383. The van der Waals surface area contributed by atoms with Gasteiger partial charge in [0.2, 0.25) is 5.88 Å². The number of ether oxygens (including phenoxy) is 1. The van der Waals surface area contributed by atoms with E-state index in [-0.39, 0.29) is 0 Å². The largest absolute Gasteiger partial charge is 0.481 e. The van der Waals surface area contributed by atoms with E-state index in [0.29, 0.717) is 0 Å². The molecule has 0 saturated carbocycles. The molecule has 0 unspecified atom stereocenters. The van der Waals surface area contributed by atoms with E-state index in [9.17, 15) is 0 Å². The van der Waals surface area contributed by atoms with E-state index in [1.807, 2.05) is 41.1 Å². The average Bonchev–Trinajstić information content (AvgIpc) is 2.74. The smallest absolute Gasteiger partial charge is 0.216 e. The molecule has 0 aliphatic heterocycles. The highest BCUT2D eigenvalue weighted by atomic mass is 16.5. The van der Waals surface area contributed by atoms with Gasteiger partial charge in [-0.2, -0.15) is 5.10 Å². The number of nitrogens with zero attached hydrogens (tertiary/aromatic N) is 2. The molecule has 3 nitrogen and oxygen atoms in total. The maximum atomic E-state index is 5.33. The summed E-state index contributed by atoms with van der Waals surface area (Å²) in [6.07, 6.45) is 2.07. The first-order chi connectivity index (χ1) is 7.85. The third-order valence-electron chi connectivity index (χ3n) is 2.44. The summed E-state index contributed by atoms with van der Waals surface area (Å²) >= 11 is 0. The molecule has 0 aliphatic carbocycles. The van der Waals surface area contributed by atoms with Gasteiger partial charge in [-0.3, -0.25) is 0 Å². The number of benzene rings is 1. The molecule has 1 aromatic heterocycles. The third kappa shape index (κ3) is 2.08. The van der Waals surface area contributed by atoms with Crippen molar-refractivity contribution in [1.82, 2.24) is 9.78 Å². The van der Waals surface area contributed by atoms with Crippen LogP contribution in [0.25, 0.3) is 5.69 Å². The molecule has 0 amide bonds. The van der Waals surface area contributed by atoms with E-state index in [1.54, 1.807) is 7.11 Å². The number of hydrogen-bond acceptors (Lipinski definition) is 2. The highest BCUT2D eigenvalue weighted by molar-refractivity contribution is 5.35. The fourth-order valence-electron chi connectivity index (χ4n) is 1.69. The second kappa shape index (κ2) is 4.84. The van der Waals surface area contributed by atoms with Crippen molar-refractivity contribution in [2.75, 3.05) is 7.11 Å². The van der Waals surface area contributed by atoms with Crippen LogP contribution in [0.5, 0.6) is 5.88 Å². The van der Waals surface area contributed by atoms with E-state index >= 15 is 0 Å². The molecular formula is C13H16N2O. The van der Waals surface area contributed by atoms with Crippen LogP contribution in [0.4, 0.5) is 0 Å². The van der Waals surface area contributed by atoms with Crippen molar-refractivity contribution in [3.8, 4) is 11.6 Å². The van der Waals surface area contributed by atoms with E-state index in [4.69, 9.17) is 4.74 Å². The monoisotopic (exact) mass is 216 g/mol. The molecule has 2 aromatic rings. The molecule has 16 heavy (non-hydrogen) atoms. The van der Waals surface area contributed by atoms with Crippen molar-refractivity contribution >= 4 is 0 Å². The quantitative estimate of drug-likeness (QED) is 0.785. The normalized spacial score (nSPS) is 10.4. The van der Waals surface area contributed by atoms with Crippen LogP contribution in [0.1, 0.15) is 19.0 Å². The molecule has 1 aromatic carbocycles. The summed E-state index contributed by atoms with van der Waals surface area (Å²) in [5.41, 5.74) is 2.10. The molecule has 0 aliphatic rings. The van der Waals surface area contributed by atoms with Gasteiger partial charge in [-0.05, 0) is 18.6 Å². The Balaban J connectivity index is 2.39. The van der Waals surface area contributed by atoms with Crippen LogP contribution in [0.15, 0.2) is 36.4 Å². The predicted octanol–water partition coefficient (Wildman–Crippen LogP) is 2.83. The Labute approximate surface area is 95.7 Å². The number of methoxy groups -OCH3 is 1. The van der Waals surface area contributed by atoms with Gasteiger partial charge in [-0.15, -0.1) is 0 Å². The maximum Gasteiger partial charge on any atom is 0.216 e. The summed E-state index contributed by atoms with van der Waals surface area (Å²) in [7, 11) is 1.67. The zero-order valence-electron chi connectivity index (χ0n) is 9.68. The number of aryl methyl sites for hydroxylation is 1. The van der Waals surface area contributed by atoms with E-state index in [0.717, 1.165) is 30.1 Å². The van der Waals surface area contributed by atoms with Crippen LogP contribution in [0, 0.1) is 0 Å². The highest BCUT2D eigenvalue weighted by Crippen LogP contribution is 2.19. The predicted molar refractivity (Wildman–Crippen MR) is 64.1 cm³/mol. The fourth-order valence-corrected chi connectivity index (χ4v) is 1.69. The Morgan fingerprint density at radius 1 is 1.25 bits per heavy atom. The van der Waals surface area contributed by atoms with Gasteiger partial charge in [0.15, 0.2) is 0 Å². The van der Waals surface area contributed by atoms with Crippen LogP contribution in [0.2, 0.25) is 0 Å². The van der Waals surface area contributed by atoms with Gasteiger partial charge in [-0.1, -0.05) is 31.5 Å². The van der Waals surface area contributed by atoms with Gasteiger partial charge in [0.25, 0.3) is 0 Å². The molecule has 0 saturated heterocycles. The van der Waals surface area contributed by atoms with Crippen molar-refractivity contribution in [3.05, 3.63) is 42.1 Å². The van der Waals surface area contributed by atoms with Crippen LogP contribution in [-0.4, -0.2) is 16.9 Å². The second-order valence-corrected chi connectivity index (χ2v) is 3.68. The Bertz CT molecular complexity index is 448. The molecule has 0 N–H and O–H groups in total. The topological polar surface area (TPSA) is 27.1 Å². The van der Waals surface area contributed by atoms with Crippen molar-refractivity contribution < 1.29 is 4.74 Å². The molecule has 3 heteroatoms. The van der Waals surface area contributed by atoms with Gasteiger partial charge in [0.05, 0.1) is 18.5 Å². The van der Waals surface area contributed by atoms with Gasteiger partial charge in [0, 0.05) is 6.07 Å². The fraction of sp³-hybridized carbons (Fsp3) is 0.308. The molecule has 84 valence electrons.